The van der Waals surface area contributed by atoms with Crippen LogP contribution in [0.15, 0.2) is 25.4 Å². The lowest BCUT2D eigenvalue weighted by molar-refractivity contribution is -0.117. The van der Waals surface area contributed by atoms with E-state index in [0.717, 1.165) is 21.4 Å². The Morgan fingerprint density at radius 1 is 0.762 bits per heavy atom. The normalized spacial score (nSPS) is 14.7. The quantitative estimate of drug-likeness (QED) is 0.226. The highest BCUT2D eigenvalue weighted by atomic mass is 16.2. The highest BCUT2D eigenvalue weighted by Gasteiger charge is 2.26. The number of nitrogens with zero attached hydrogens (tertiary/aromatic N) is 11. The summed E-state index contributed by atoms with van der Waals surface area (Å²) in [5.74, 6) is 0.977. The molecule has 6 rings (SSSR count). The Hall–Kier alpha value is -4.73. The van der Waals surface area contributed by atoms with Crippen molar-refractivity contribution in [1.82, 2.24) is 46.7 Å². The Balaban J connectivity index is 1.25. The van der Waals surface area contributed by atoms with E-state index in [9.17, 15) is 24.0 Å². The average molecular weight is 580 g/mol. The number of aromatic nitrogens is 9. The van der Waals surface area contributed by atoms with E-state index in [2.05, 4.69) is 14.9 Å². The van der Waals surface area contributed by atoms with Gasteiger partial charge in [-0.2, -0.15) is 9.97 Å². The van der Waals surface area contributed by atoms with Crippen LogP contribution in [0.3, 0.4) is 0 Å². The van der Waals surface area contributed by atoms with Crippen LogP contribution in [-0.2, 0) is 46.1 Å². The molecule has 0 aliphatic carbocycles. The molecule has 5 aromatic rings. The zero-order valence-corrected chi connectivity index (χ0v) is 24.5. The van der Waals surface area contributed by atoms with Gasteiger partial charge in [0.05, 0.1) is 6.54 Å². The fourth-order valence-corrected chi connectivity index (χ4v) is 5.87. The molecule has 0 spiro atoms. The van der Waals surface area contributed by atoms with Gasteiger partial charge in [0.15, 0.2) is 22.3 Å². The zero-order chi connectivity index (χ0) is 30.2. The third kappa shape index (κ3) is 3.96. The van der Waals surface area contributed by atoms with E-state index >= 15 is 0 Å². The van der Waals surface area contributed by atoms with Gasteiger partial charge in [-0.05, 0) is 13.8 Å². The summed E-state index contributed by atoms with van der Waals surface area (Å²) in [6.45, 7) is 7.39. The number of rotatable bonds is 6. The molecule has 0 radical (unpaired) electrons. The van der Waals surface area contributed by atoms with Gasteiger partial charge in [0, 0.05) is 79.3 Å². The van der Waals surface area contributed by atoms with E-state index in [0.29, 0.717) is 55.6 Å². The first-order valence-electron chi connectivity index (χ1n) is 13.7. The largest absolute Gasteiger partial charge is 0.340 e. The highest BCUT2D eigenvalue weighted by Crippen LogP contribution is 2.22. The topological polar surface area (TPSA) is 152 Å². The minimum atomic E-state index is -0.482. The second kappa shape index (κ2) is 9.68. The van der Waals surface area contributed by atoms with Crippen molar-refractivity contribution in [3.8, 4) is 0 Å². The van der Waals surface area contributed by atoms with Gasteiger partial charge in [0.25, 0.3) is 11.1 Å². The van der Waals surface area contributed by atoms with Crippen LogP contribution in [-0.4, -0.2) is 85.2 Å². The molecule has 0 unspecified atom stereocenters. The van der Waals surface area contributed by atoms with Gasteiger partial charge >= 0.3 is 11.4 Å². The first kappa shape index (κ1) is 27.4. The second-order valence-corrected chi connectivity index (χ2v) is 11.0. The number of imidazole rings is 3. The van der Waals surface area contributed by atoms with Crippen LogP contribution in [0.2, 0.25) is 0 Å². The maximum absolute atomic E-state index is 13.0. The summed E-state index contributed by atoms with van der Waals surface area (Å²) in [7, 11) is 6.05. The molecule has 1 aliphatic rings. The number of ketones is 1. The smallest absolute Gasteiger partial charge is 0.332 e. The number of Topliss-reactive ketones (excluding diaryl/α,β-unsaturated/α-hetero) is 1. The molecular formula is C26H33N11O5. The van der Waals surface area contributed by atoms with Crippen molar-refractivity contribution >= 4 is 39.8 Å². The van der Waals surface area contributed by atoms with Crippen molar-refractivity contribution in [2.24, 2.45) is 28.2 Å². The van der Waals surface area contributed by atoms with Gasteiger partial charge in [-0.3, -0.25) is 46.5 Å². The number of anilines is 1. The molecule has 0 atom stereocenters. The Morgan fingerprint density at radius 3 is 1.93 bits per heavy atom. The highest BCUT2D eigenvalue weighted by molar-refractivity contribution is 5.81. The third-order valence-corrected chi connectivity index (χ3v) is 8.26. The van der Waals surface area contributed by atoms with Crippen molar-refractivity contribution < 1.29 is 4.79 Å². The molecule has 222 valence electrons. The maximum atomic E-state index is 13.0. The van der Waals surface area contributed by atoms with E-state index < -0.39 is 16.9 Å². The Labute approximate surface area is 237 Å². The number of carbonyl (C=O) groups excluding carboxylic acids is 1. The molecule has 0 N–H and O–H groups in total. The molecule has 0 saturated carbocycles. The van der Waals surface area contributed by atoms with E-state index in [1.165, 1.54) is 30.2 Å². The number of carbonyl (C=O) groups is 1. The summed E-state index contributed by atoms with van der Waals surface area (Å²) < 4.78 is 10.2. The molecule has 1 aliphatic heterocycles. The van der Waals surface area contributed by atoms with Crippen LogP contribution < -0.4 is 27.4 Å². The number of fused-ring (bicyclic) bond motifs is 4. The number of hydrogen-bond donors (Lipinski definition) is 0. The van der Waals surface area contributed by atoms with Crippen molar-refractivity contribution in [2.45, 2.75) is 26.9 Å². The lowest BCUT2D eigenvalue weighted by Gasteiger charge is -2.35. The second-order valence-electron chi connectivity index (χ2n) is 11.0. The Bertz CT molecular complexity index is 2160. The molecular weight excluding hydrogens is 546 g/mol. The third-order valence-electron chi connectivity index (χ3n) is 8.26. The standard InChI is InChI=1S/C26H33N11O5/c1-15-13-36-17-20(30(4)26(42)31(5)21(17)39)28-24(36)35(15)12-9-33-7-10-34(11-8-33)23-27-19-18(37(23)14-16(2)38)22(40)32(6)25(41)29(19)3/h13H,7-12,14H2,1-6H3. The summed E-state index contributed by atoms with van der Waals surface area (Å²) in [6.07, 6.45) is 1.87. The molecule has 16 heteroatoms. The van der Waals surface area contributed by atoms with E-state index in [1.807, 2.05) is 22.6 Å². The molecule has 16 nitrogen and oxygen atoms in total. The average Bonchev–Trinajstić information content (AvgIpc) is 3.61. The van der Waals surface area contributed by atoms with E-state index in [-0.39, 0.29) is 29.1 Å². The minimum Gasteiger partial charge on any atom is -0.340 e. The molecule has 1 saturated heterocycles. The zero-order valence-electron chi connectivity index (χ0n) is 24.5. The molecule has 0 aromatic carbocycles. The Morgan fingerprint density at radius 2 is 1.33 bits per heavy atom. The molecule has 0 amide bonds. The van der Waals surface area contributed by atoms with Crippen molar-refractivity contribution in [3.05, 3.63) is 53.6 Å². The predicted octanol–water partition coefficient (Wildman–Crippen LogP) is -1.85. The van der Waals surface area contributed by atoms with Gasteiger partial charge in [-0.25, -0.2) is 9.59 Å². The number of aryl methyl sites for hydroxylation is 3. The fraction of sp³-hybridized carbons (Fsp3) is 0.500. The summed E-state index contributed by atoms with van der Waals surface area (Å²) in [5, 5.41) is 0. The maximum Gasteiger partial charge on any atom is 0.332 e. The first-order chi connectivity index (χ1) is 19.9. The van der Waals surface area contributed by atoms with Crippen molar-refractivity contribution in [3.63, 3.8) is 0 Å². The molecule has 42 heavy (non-hydrogen) atoms. The predicted molar refractivity (Wildman–Crippen MR) is 155 cm³/mol. The van der Waals surface area contributed by atoms with Gasteiger partial charge in [-0.1, -0.05) is 0 Å². The Kier molecular flexibility index (Phi) is 6.32. The van der Waals surface area contributed by atoms with Crippen LogP contribution in [0.25, 0.3) is 28.1 Å². The van der Waals surface area contributed by atoms with Gasteiger partial charge in [-0.15, -0.1) is 0 Å². The molecule has 6 heterocycles. The number of piperazine rings is 1. The summed E-state index contributed by atoms with van der Waals surface area (Å²) in [6, 6.07) is 0. The van der Waals surface area contributed by atoms with Crippen molar-refractivity contribution in [1.29, 1.82) is 0 Å². The number of hydrogen-bond acceptors (Lipinski definition) is 9. The summed E-state index contributed by atoms with van der Waals surface area (Å²) >= 11 is 0. The van der Waals surface area contributed by atoms with Crippen LogP contribution in [0.5, 0.6) is 0 Å². The van der Waals surface area contributed by atoms with Crippen LogP contribution >= 0.6 is 0 Å². The van der Waals surface area contributed by atoms with E-state index in [1.54, 1.807) is 23.1 Å². The van der Waals surface area contributed by atoms with Crippen LogP contribution in [0, 0.1) is 6.92 Å². The lowest BCUT2D eigenvalue weighted by Crippen LogP contribution is -2.48. The molecule has 5 aromatic heterocycles. The van der Waals surface area contributed by atoms with Crippen LogP contribution in [0.4, 0.5) is 5.95 Å². The summed E-state index contributed by atoms with van der Waals surface area (Å²) in [4.78, 5) is 76.6. The molecule has 0 bridgehead atoms. The minimum absolute atomic E-state index is 0.0181. The summed E-state index contributed by atoms with van der Waals surface area (Å²) in [5.41, 5.74) is 0.387. The SMILES string of the molecule is CC(=O)Cn1c(N2CCN(CCn3c(C)cn4c5c(=O)n(C)c(=O)n(C)c5nc34)CC2)nc2c1c(=O)n(C)c(=O)n2C. The fourth-order valence-electron chi connectivity index (χ4n) is 5.87. The van der Waals surface area contributed by atoms with Gasteiger partial charge in [0.1, 0.15) is 5.78 Å². The van der Waals surface area contributed by atoms with Gasteiger partial charge in [0.2, 0.25) is 11.7 Å². The van der Waals surface area contributed by atoms with Crippen molar-refractivity contribution in [2.75, 3.05) is 37.6 Å². The van der Waals surface area contributed by atoms with Gasteiger partial charge < -0.3 is 9.47 Å². The van der Waals surface area contributed by atoms with Crippen LogP contribution in [0.1, 0.15) is 12.6 Å². The van der Waals surface area contributed by atoms with E-state index in [4.69, 9.17) is 0 Å². The first-order valence-corrected chi connectivity index (χ1v) is 13.7. The molecule has 1 fully saturated rings. The monoisotopic (exact) mass is 579 g/mol. The lowest BCUT2D eigenvalue weighted by atomic mass is 10.3.